The fraction of sp³-hybridized carbons (Fsp3) is 0.480. The summed E-state index contributed by atoms with van der Waals surface area (Å²) in [6.45, 7) is 1.01. The molecule has 34 heavy (non-hydrogen) atoms. The number of nitrogens with zero attached hydrogens (tertiary/aromatic N) is 1. The molecule has 9 heteroatoms. The predicted molar refractivity (Wildman–Crippen MR) is 130 cm³/mol. The lowest BCUT2D eigenvalue weighted by Crippen LogP contribution is -2.42. The van der Waals surface area contributed by atoms with E-state index in [0.29, 0.717) is 49.1 Å². The lowest BCUT2D eigenvalue weighted by atomic mass is 9.94. The second kappa shape index (κ2) is 12.9. The van der Waals surface area contributed by atoms with Crippen molar-refractivity contribution in [1.82, 2.24) is 0 Å². The molecule has 0 aliphatic carbocycles. The summed E-state index contributed by atoms with van der Waals surface area (Å²) in [6.07, 6.45) is -1.01. The average Bonchev–Trinajstić information content (AvgIpc) is 2.84. The molecule has 1 unspecified atom stereocenters. The molecule has 2 aromatic rings. The van der Waals surface area contributed by atoms with Gasteiger partial charge in [-0.05, 0) is 54.8 Å². The van der Waals surface area contributed by atoms with Crippen molar-refractivity contribution in [2.45, 2.75) is 37.6 Å². The Hall–Kier alpha value is -2.42. The van der Waals surface area contributed by atoms with Gasteiger partial charge in [0.15, 0.2) is 0 Å². The number of nitrogens with one attached hydrogen (secondary N) is 1. The molecule has 1 heterocycles. The van der Waals surface area contributed by atoms with E-state index in [4.69, 9.17) is 25.8 Å². The maximum Gasteiger partial charge on any atom is 0.306 e. The standard InChI is InChI=1S/C25H31ClF2N2O4/c1-32-16-18(14-25(31)33-2)17-3-8-23(22(13-17)29-20-6-4-19(26)5-7-20)30(15-24(27)28)21-9-11-34-12-10-21/h3-8,13,18,21,24,29H,9-12,14-16H2,1-2H3. The van der Waals surface area contributed by atoms with Gasteiger partial charge < -0.3 is 24.4 Å². The van der Waals surface area contributed by atoms with Gasteiger partial charge in [0.2, 0.25) is 0 Å². The molecule has 1 saturated heterocycles. The molecule has 2 aromatic carbocycles. The third-order valence-electron chi connectivity index (χ3n) is 5.90. The largest absolute Gasteiger partial charge is 0.469 e. The minimum Gasteiger partial charge on any atom is -0.469 e. The zero-order valence-corrected chi connectivity index (χ0v) is 20.2. The Kier molecular flexibility index (Phi) is 9.92. The summed E-state index contributed by atoms with van der Waals surface area (Å²) in [5, 5.41) is 3.96. The molecule has 0 radical (unpaired) electrons. The smallest absolute Gasteiger partial charge is 0.306 e. The van der Waals surface area contributed by atoms with Crippen molar-refractivity contribution >= 4 is 34.6 Å². The molecule has 0 spiro atoms. The number of hydrogen-bond acceptors (Lipinski definition) is 6. The summed E-state index contributed by atoms with van der Waals surface area (Å²) < 4.78 is 42.9. The molecule has 1 N–H and O–H groups in total. The summed E-state index contributed by atoms with van der Waals surface area (Å²) in [6, 6.07) is 12.7. The van der Waals surface area contributed by atoms with E-state index in [1.165, 1.54) is 7.11 Å². The van der Waals surface area contributed by atoms with E-state index in [-0.39, 0.29) is 30.9 Å². The van der Waals surface area contributed by atoms with Crippen LogP contribution in [-0.4, -0.2) is 59.0 Å². The normalized spacial score (nSPS) is 15.2. The first-order valence-electron chi connectivity index (χ1n) is 11.3. The molecule has 0 bridgehead atoms. The second-order valence-electron chi connectivity index (χ2n) is 8.23. The minimum absolute atomic E-state index is 0.0655. The molecule has 0 amide bonds. The second-order valence-corrected chi connectivity index (χ2v) is 8.66. The number of rotatable bonds is 11. The number of ether oxygens (including phenoxy) is 3. The van der Waals surface area contributed by atoms with Gasteiger partial charge in [-0.2, -0.15) is 0 Å². The number of halogens is 3. The average molecular weight is 497 g/mol. The highest BCUT2D eigenvalue weighted by molar-refractivity contribution is 6.30. The number of carbonyl (C=O) groups is 1. The maximum absolute atomic E-state index is 13.6. The molecular formula is C25H31ClF2N2O4. The first-order chi connectivity index (χ1) is 16.4. The van der Waals surface area contributed by atoms with Crippen LogP contribution in [0.2, 0.25) is 5.02 Å². The number of alkyl halides is 2. The van der Waals surface area contributed by atoms with Gasteiger partial charge in [0.1, 0.15) is 0 Å². The summed E-state index contributed by atoms with van der Waals surface area (Å²) in [4.78, 5) is 13.7. The molecule has 1 fully saturated rings. The van der Waals surface area contributed by atoms with Crippen molar-refractivity contribution in [3.05, 3.63) is 53.1 Å². The first-order valence-corrected chi connectivity index (χ1v) is 11.6. The Bertz CT molecular complexity index is 924. The molecular weight excluding hydrogens is 466 g/mol. The summed E-state index contributed by atoms with van der Waals surface area (Å²) in [7, 11) is 2.92. The van der Waals surface area contributed by atoms with Gasteiger partial charge in [0.25, 0.3) is 6.43 Å². The summed E-state index contributed by atoms with van der Waals surface area (Å²) in [5.74, 6) is -0.594. The third kappa shape index (κ3) is 7.29. The Morgan fingerprint density at radius 2 is 1.88 bits per heavy atom. The Labute approximate surface area is 204 Å². The van der Waals surface area contributed by atoms with Crippen LogP contribution in [-0.2, 0) is 19.0 Å². The Morgan fingerprint density at radius 1 is 1.18 bits per heavy atom. The Morgan fingerprint density at radius 3 is 2.50 bits per heavy atom. The zero-order valence-electron chi connectivity index (χ0n) is 19.4. The monoisotopic (exact) mass is 496 g/mol. The fourth-order valence-corrected chi connectivity index (χ4v) is 4.32. The van der Waals surface area contributed by atoms with E-state index in [0.717, 1.165) is 11.3 Å². The van der Waals surface area contributed by atoms with Crippen molar-refractivity contribution in [3.8, 4) is 0 Å². The lowest BCUT2D eigenvalue weighted by molar-refractivity contribution is -0.141. The predicted octanol–water partition coefficient (Wildman–Crippen LogP) is 5.63. The van der Waals surface area contributed by atoms with Gasteiger partial charge in [0, 0.05) is 43.0 Å². The van der Waals surface area contributed by atoms with Crippen LogP contribution in [0.1, 0.15) is 30.7 Å². The van der Waals surface area contributed by atoms with Gasteiger partial charge in [-0.25, -0.2) is 8.78 Å². The highest BCUT2D eigenvalue weighted by Crippen LogP contribution is 2.36. The number of carbonyl (C=O) groups excluding carboxylic acids is 1. The quantitative estimate of drug-likeness (QED) is 0.407. The highest BCUT2D eigenvalue weighted by Gasteiger charge is 2.27. The van der Waals surface area contributed by atoms with E-state index in [1.54, 1.807) is 24.1 Å². The molecule has 1 aliphatic heterocycles. The molecule has 3 rings (SSSR count). The molecule has 0 saturated carbocycles. The topological polar surface area (TPSA) is 60.0 Å². The van der Waals surface area contributed by atoms with E-state index >= 15 is 0 Å². The van der Waals surface area contributed by atoms with E-state index < -0.39 is 6.43 Å². The van der Waals surface area contributed by atoms with Crippen molar-refractivity contribution in [1.29, 1.82) is 0 Å². The molecule has 6 nitrogen and oxygen atoms in total. The summed E-state index contributed by atoms with van der Waals surface area (Å²) in [5.41, 5.74) is 2.94. The number of methoxy groups -OCH3 is 2. The fourth-order valence-electron chi connectivity index (χ4n) is 4.20. The van der Waals surface area contributed by atoms with Crippen molar-refractivity contribution < 1.29 is 27.8 Å². The number of benzene rings is 2. The SMILES string of the molecule is COCC(CC(=O)OC)c1ccc(N(CC(F)F)C2CCOCC2)c(Nc2ccc(Cl)cc2)c1. The Balaban J connectivity index is 2.03. The molecule has 0 aromatic heterocycles. The van der Waals surface area contributed by atoms with Crippen LogP contribution in [0.4, 0.5) is 25.8 Å². The van der Waals surface area contributed by atoms with Crippen molar-refractivity contribution in [2.24, 2.45) is 0 Å². The van der Waals surface area contributed by atoms with Gasteiger partial charge in [0.05, 0.1) is 38.1 Å². The van der Waals surface area contributed by atoms with Gasteiger partial charge in [-0.15, -0.1) is 0 Å². The van der Waals surface area contributed by atoms with Gasteiger partial charge in [-0.1, -0.05) is 17.7 Å². The first kappa shape index (κ1) is 26.2. The zero-order chi connectivity index (χ0) is 24.5. The number of hydrogen-bond donors (Lipinski definition) is 1. The number of anilines is 3. The van der Waals surface area contributed by atoms with Crippen LogP contribution in [0.15, 0.2) is 42.5 Å². The maximum atomic E-state index is 13.6. The van der Waals surface area contributed by atoms with E-state index in [2.05, 4.69) is 5.32 Å². The van der Waals surface area contributed by atoms with Crippen LogP contribution in [0.3, 0.4) is 0 Å². The van der Waals surface area contributed by atoms with Crippen molar-refractivity contribution in [3.63, 3.8) is 0 Å². The lowest BCUT2D eigenvalue weighted by Gasteiger charge is -2.37. The summed E-state index contributed by atoms with van der Waals surface area (Å²) >= 11 is 6.03. The third-order valence-corrected chi connectivity index (χ3v) is 6.15. The van der Waals surface area contributed by atoms with Crippen LogP contribution in [0, 0.1) is 0 Å². The minimum atomic E-state index is -2.49. The van der Waals surface area contributed by atoms with E-state index in [1.807, 2.05) is 30.3 Å². The molecule has 1 atom stereocenters. The van der Waals surface area contributed by atoms with E-state index in [9.17, 15) is 13.6 Å². The van der Waals surface area contributed by atoms with Gasteiger partial charge in [-0.3, -0.25) is 4.79 Å². The number of esters is 1. The highest BCUT2D eigenvalue weighted by atomic mass is 35.5. The van der Waals surface area contributed by atoms with Crippen LogP contribution >= 0.6 is 11.6 Å². The van der Waals surface area contributed by atoms with Crippen LogP contribution in [0.25, 0.3) is 0 Å². The van der Waals surface area contributed by atoms with Crippen LogP contribution < -0.4 is 10.2 Å². The van der Waals surface area contributed by atoms with Crippen LogP contribution in [0.5, 0.6) is 0 Å². The van der Waals surface area contributed by atoms with Gasteiger partial charge >= 0.3 is 5.97 Å². The van der Waals surface area contributed by atoms with Crippen molar-refractivity contribution in [2.75, 3.05) is 50.8 Å². The molecule has 1 aliphatic rings. The molecule has 186 valence electrons.